The molecular weight excluding hydrogens is 330 g/mol. The van der Waals surface area contributed by atoms with Crippen LogP contribution in [0.15, 0.2) is 9.85 Å². The topological polar surface area (TPSA) is 66.4 Å². The molecule has 6 heteroatoms. The third kappa shape index (κ3) is 3.17. The average molecular weight is 348 g/mol. The molecule has 106 valence electrons. The summed E-state index contributed by atoms with van der Waals surface area (Å²) in [5, 5.41) is 12.1. The van der Waals surface area contributed by atoms with Crippen LogP contribution in [0, 0.1) is 12.3 Å². The van der Waals surface area contributed by atoms with Crippen LogP contribution in [-0.4, -0.2) is 22.5 Å². The van der Waals surface area contributed by atoms with E-state index in [0.29, 0.717) is 4.88 Å². The number of aryl methyl sites for hydroxylation is 1. The summed E-state index contributed by atoms with van der Waals surface area (Å²) in [7, 11) is 0. The highest BCUT2D eigenvalue weighted by molar-refractivity contribution is 9.11. The highest BCUT2D eigenvalue weighted by Crippen LogP contribution is 2.32. The quantitative estimate of drug-likeness (QED) is 0.876. The van der Waals surface area contributed by atoms with Gasteiger partial charge in [-0.15, -0.1) is 11.3 Å². The smallest absolute Gasteiger partial charge is 0.311 e. The van der Waals surface area contributed by atoms with Gasteiger partial charge in [-0.25, -0.2) is 0 Å². The lowest BCUT2D eigenvalue weighted by Crippen LogP contribution is -2.56. The first-order valence-electron chi connectivity index (χ1n) is 5.81. The van der Waals surface area contributed by atoms with Crippen LogP contribution in [-0.2, 0) is 4.79 Å². The van der Waals surface area contributed by atoms with E-state index in [9.17, 15) is 14.7 Å². The SMILES string of the molecule is Cc1cc(C(=O)NC(C)(C)C(C)(C)C(=O)O)sc1Br. The molecule has 0 aliphatic rings. The molecule has 19 heavy (non-hydrogen) atoms. The number of hydrogen-bond acceptors (Lipinski definition) is 3. The first kappa shape index (κ1) is 16.2. The van der Waals surface area contributed by atoms with Crippen molar-refractivity contribution in [2.45, 2.75) is 40.2 Å². The van der Waals surface area contributed by atoms with Crippen molar-refractivity contribution in [1.29, 1.82) is 0 Å². The maximum absolute atomic E-state index is 12.2. The van der Waals surface area contributed by atoms with E-state index >= 15 is 0 Å². The number of hydrogen-bond donors (Lipinski definition) is 2. The summed E-state index contributed by atoms with van der Waals surface area (Å²) in [6.45, 7) is 8.54. The largest absolute Gasteiger partial charge is 0.481 e. The molecule has 0 spiro atoms. The Kier molecular flexibility index (Phi) is 4.47. The summed E-state index contributed by atoms with van der Waals surface area (Å²) >= 11 is 4.71. The van der Waals surface area contributed by atoms with Gasteiger partial charge in [-0.2, -0.15) is 0 Å². The minimum atomic E-state index is -1.06. The summed E-state index contributed by atoms with van der Waals surface area (Å²) in [4.78, 5) is 24.0. The molecule has 0 atom stereocenters. The zero-order chi connectivity index (χ0) is 15.0. The standard InChI is InChI=1S/C13H18BrNO3S/c1-7-6-8(19-9(7)14)10(16)15-13(4,5)12(2,3)11(17)18/h6H,1-5H3,(H,15,16)(H,17,18). The number of carboxylic acids is 1. The molecule has 0 saturated heterocycles. The van der Waals surface area contributed by atoms with E-state index in [-0.39, 0.29) is 5.91 Å². The van der Waals surface area contributed by atoms with Crippen molar-refractivity contribution in [3.05, 3.63) is 20.3 Å². The van der Waals surface area contributed by atoms with Crippen LogP contribution < -0.4 is 5.32 Å². The number of thiophene rings is 1. The zero-order valence-electron chi connectivity index (χ0n) is 11.6. The van der Waals surface area contributed by atoms with Gasteiger partial charge in [0.1, 0.15) is 0 Å². The lowest BCUT2D eigenvalue weighted by Gasteiger charge is -2.38. The Morgan fingerprint density at radius 3 is 2.21 bits per heavy atom. The average Bonchev–Trinajstić information content (AvgIpc) is 2.58. The molecule has 2 N–H and O–H groups in total. The minimum Gasteiger partial charge on any atom is -0.481 e. The van der Waals surface area contributed by atoms with Gasteiger partial charge in [-0.1, -0.05) is 0 Å². The molecule has 1 aromatic heterocycles. The Morgan fingerprint density at radius 1 is 1.32 bits per heavy atom. The molecule has 0 aromatic carbocycles. The van der Waals surface area contributed by atoms with Crippen LogP contribution in [0.25, 0.3) is 0 Å². The lowest BCUT2D eigenvalue weighted by molar-refractivity contribution is -0.150. The Morgan fingerprint density at radius 2 is 1.84 bits per heavy atom. The maximum Gasteiger partial charge on any atom is 0.311 e. The third-order valence-electron chi connectivity index (χ3n) is 3.60. The molecule has 1 rings (SSSR count). The summed E-state index contributed by atoms with van der Waals surface area (Å²) in [5.74, 6) is -1.19. The molecule has 1 amide bonds. The Hall–Kier alpha value is -0.880. The molecule has 4 nitrogen and oxygen atoms in total. The number of carboxylic acid groups (broad SMARTS) is 1. The molecule has 1 aromatic rings. The van der Waals surface area contributed by atoms with Gasteiger partial charge in [0.2, 0.25) is 0 Å². The summed E-state index contributed by atoms with van der Waals surface area (Å²) in [6, 6.07) is 1.79. The molecule has 0 radical (unpaired) electrons. The van der Waals surface area contributed by atoms with Crippen molar-refractivity contribution in [1.82, 2.24) is 5.32 Å². The number of halogens is 1. The minimum absolute atomic E-state index is 0.252. The fourth-order valence-corrected chi connectivity index (χ4v) is 2.77. The van der Waals surface area contributed by atoms with Gasteiger partial charge >= 0.3 is 5.97 Å². The van der Waals surface area contributed by atoms with Crippen molar-refractivity contribution >= 4 is 39.1 Å². The second-order valence-corrected chi connectivity index (χ2v) is 7.95. The van der Waals surface area contributed by atoms with Crippen LogP contribution in [0.4, 0.5) is 0 Å². The van der Waals surface area contributed by atoms with E-state index < -0.39 is 16.9 Å². The van der Waals surface area contributed by atoms with Gasteiger partial charge in [-0.3, -0.25) is 9.59 Å². The molecule has 1 heterocycles. The fraction of sp³-hybridized carbons (Fsp3) is 0.538. The molecule has 0 bridgehead atoms. The van der Waals surface area contributed by atoms with E-state index in [0.717, 1.165) is 9.35 Å². The normalized spacial score (nSPS) is 12.3. The van der Waals surface area contributed by atoms with Gasteiger partial charge in [0.25, 0.3) is 5.91 Å². The number of nitrogens with one attached hydrogen (secondary N) is 1. The Labute approximate surface area is 125 Å². The van der Waals surface area contributed by atoms with Crippen molar-refractivity contribution < 1.29 is 14.7 Å². The molecule has 0 saturated carbocycles. The predicted octanol–water partition coefficient (Wildman–Crippen LogP) is 3.44. The Balaban J connectivity index is 2.95. The number of amides is 1. The van der Waals surface area contributed by atoms with Crippen LogP contribution in [0.3, 0.4) is 0 Å². The summed E-state index contributed by atoms with van der Waals surface area (Å²) < 4.78 is 0.910. The number of carbonyl (C=O) groups is 2. The summed E-state index contributed by atoms with van der Waals surface area (Å²) in [6.07, 6.45) is 0. The monoisotopic (exact) mass is 347 g/mol. The molecule has 0 aliphatic carbocycles. The molecule has 0 aliphatic heterocycles. The number of carbonyl (C=O) groups excluding carboxylic acids is 1. The second kappa shape index (κ2) is 5.25. The van der Waals surface area contributed by atoms with E-state index in [1.807, 2.05) is 6.92 Å². The van der Waals surface area contributed by atoms with E-state index in [1.165, 1.54) is 11.3 Å². The van der Waals surface area contributed by atoms with Gasteiger partial charge in [0, 0.05) is 0 Å². The van der Waals surface area contributed by atoms with E-state index in [2.05, 4.69) is 21.2 Å². The zero-order valence-corrected chi connectivity index (χ0v) is 14.0. The first-order valence-corrected chi connectivity index (χ1v) is 7.42. The van der Waals surface area contributed by atoms with Crippen LogP contribution >= 0.6 is 27.3 Å². The van der Waals surface area contributed by atoms with Crippen molar-refractivity contribution in [3.8, 4) is 0 Å². The van der Waals surface area contributed by atoms with Crippen molar-refractivity contribution in [2.24, 2.45) is 5.41 Å². The van der Waals surface area contributed by atoms with Crippen molar-refractivity contribution in [2.75, 3.05) is 0 Å². The molecular formula is C13H18BrNO3S. The van der Waals surface area contributed by atoms with Crippen LogP contribution in [0.1, 0.15) is 42.9 Å². The molecule has 0 unspecified atom stereocenters. The number of rotatable bonds is 4. The van der Waals surface area contributed by atoms with Gasteiger partial charge < -0.3 is 10.4 Å². The van der Waals surface area contributed by atoms with Crippen molar-refractivity contribution in [3.63, 3.8) is 0 Å². The highest BCUT2D eigenvalue weighted by atomic mass is 79.9. The predicted molar refractivity (Wildman–Crippen MR) is 79.7 cm³/mol. The summed E-state index contributed by atoms with van der Waals surface area (Å²) in [5.41, 5.74) is -0.933. The number of aliphatic carboxylic acids is 1. The lowest BCUT2D eigenvalue weighted by atomic mass is 9.74. The highest BCUT2D eigenvalue weighted by Gasteiger charge is 2.44. The third-order valence-corrected chi connectivity index (χ3v) is 5.74. The van der Waals surface area contributed by atoms with Gasteiger partial charge in [0.15, 0.2) is 0 Å². The van der Waals surface area contributed by atoms with Gasteiger partial charge in [-0.05, 0) is 62.2 Å². The Bertz CT molecular complexity index is 500. The molecule has 0 fully saturated rings. The van der Waals surface area contributed by atoms with E-state index in [4.69, 9.17) is 0 Å². The first-order chi connectivity index (χ1) is 8.49. The van der Waals surface area contributed by atoms with Crippen LogP contribution in [0.5, 0.6) is 0 Å². The van der Waals surface area contributed by atoms with Gasteiger partial charge in [0.05, 0.1) is 19.6 Å². The fourth-order valence-electron chi connectivity index (χ4n) is 1.34. The van der Waals surface area contributed by atoms with E-state index in [1.54, 1.807) is 33.8 Å². The maximum atomic E-state index is 12.2. The second-order valence-electron chi connectivity index (χ2n) is 5.58. The van der Waals surface area contributed by atoms with Crippen LogP contribution in [0.2, 0.25) is 0 Å².